The Balaban J connectivity index is 1.90. The number of aldehydes is 1. The van der Waals surface area contributed by atoms with Crippen LogP contribution < -0.4 is 14.8 Å². The molecule has 0 radical (unpaired) electrons. The summed E-state index contributed by atoms with van der Waals surface area (Å²) in [5.41, 5.74) is 0.934. The number of nitrogens with zero attached hydrogens (tertiary/aromatic N) is 2. The number of fused-ring (bicyclic) bond motifs is 1. The Bertz CT molecular complexity index is 679. The largest absolute Gasteiger partial charge is 0.490 e. The molecule has 1 aromatic heterocycles. The molecule has 2 aromatic rings. The second kappa shape index (κ2) is 5.97. The van der Waals surface area contributed by atoms with E-state index < -0.39 is 0 Å². The van der Waals surface area contributed by atoms with Crippen molar-refractivity contribution in [3.05, 3.63) is 35.2 Å². The van der Waals surface area contributed by atoms with Gasteiger partial charge in [0.05, 0.1) is 18.8 Å². The number of carbonyl (C=O) groups excluding carboxylic acids is 1. The van der Waals surface area contributed by atoms with Gasteiger partial charge in [0, 0.05) is 18.2 Å². The number of hydrogen-bond acceptors (Lipinski definition) is 6. The lowest BCUT2D eigenvalue weighted by atomic mass is 10.2. The van der Waals surface area contributed by atoms with Crippen LogP contribution in [-0.2, 0) is 0 Å². The summed E-state index contributed by atoms with van der Waals surface area (Å²) in [6.45, 7) is 1.24. The molecule has 0 saturated carbocycles. The van der Waals surface area contributed by atoms with Crippen LogP contribution in [0.1, 0.15) is 16.8 Å². The van der Waals surface area contributed by atoms with E-state index in [9.17, 15) is 4.79 Å². The molecule has 0 amide bonds. The smallest absolute Gasteiger partial charge is 0.163 e. The Morgan fingerprint density at radius 3 is 2.81 bits per heavy atom. The number of carbonyl (C=O) groups is 1. The Kier molecular flexibility index (Phi) is 3.87. The van der Waals surface area contributed by atoms with Gasteiger partial charge in [0.1, 0.15) is 17.3 Å². The molecule has 6 nitrogen and oxygen atoms in total. The van der Waals surface area contributed by atoms with Crippen molar-refractivity contribution in [3.8, 4) is 11.5 Å². The molecule has 1 aromatic carbocycles. The summed E-state index contributed by atoms with van der Waals surface area (Å²) in [6.07, 6.45) is 2.75. The van der Waals surface area contributed by atoms with Crippen molar-refractivity contribution >= 4 is 29.4 Å². The molecule has 0 spiro atoms. The molecule has 0 saturated heterocycles. The third kappa shape index (κ3) is 2.90. The van der Waals surface area contributed by atoms with Gasteiger partial charge in [-0.15, -0.1) is 0 Å². The number of ether oxygens (including phenoxy) is 2. The topological polar surface area (TPSA) is 73.3 Å². The first-order chi connectivity index (χ1) is 10.3. The van der Waals surface area contributed by atoms with Crippen molar-refractivity contribution in [1.82, 2.24) is 9.97 Å². The molecular formula is C14H12ClN3O3. The molecule has 1 N–H and O–H groups in total. The van der Waals surface area contributed by atoms with Crippen LogP contribution in [-0.4, -0.2) is 29.5 Å². The predicted molar refractivity (Wildman–Crippen MR) is 77.8 cm³/mol. The summed E-state index contributed by atoms with van der Waals surface area (Å²) < 4.78 is 11.2. The monoisotopic (exact) mass is 305 g/mol. The Labute approximate surface area is 126 Å². The summed E-state index contributed by atoms with van der Waals surface area (Å²) in [4.78, 5) is 18.9. The Morgan fingerprint density at radius 2 is 2.00 bits per heavy atom. The quantitative estimate of drug-likeness (QED) is 0.694. The zero-order valence-electron chi connectivity index (χ0n) is 11.0. The molecule has 0 bridgehead atoms. The van der Waals surface area contributed by atoms with Gasteiger partial charge in [-0.05, 0) is 12.1 Å². The van der Waals surface area contributed by atoms with Crippen LogP contribution in [0, 0.1) is 0 Å². The van der Waals surface area contributed by atoms with E-state index in [0.717, 1.165) is 12.1 Å². The van der Waals surface area contributed by atoms with Gasteiger partial charge in [0.15, 0.2) is 17.8 Å². The second-order valence-electron chi connectivity index (χ2n) is 4.38. The zero-order valence-corrected chi connectivity index (χ0v) is 11.8. The number of hydrogen-bond donors (Lipinski definition) is 1. The average Bonchev–Trinajstić information content (AvgIpc) is 2.72. The average molecular weight is 306 g/mol. The molecule has 1 aliphatic rings. The lowest BCUT2D eigenvalue weighted by Crippen LogP contribution is -2.01. The molecule has 108 valence electrons. The highest BCUT2D eigenvalue weighted by Crippen LogP contribution is 2.33. The summed E-state index contributed by atoms with van der Waals surface area (Å²) in [5.74, 6) is 1.71. The number of rotatable bonds is 3. The van der Waals surface area contributed by atoms with Crippen molar-refractivity contribution in [1.29, 1.82) is 0 Å². The van der Waals surface area contributed by atoms with Crippen molar-refractivity contribution in [3.63, 3.8) is 0 Å². The minimum atomic E-state index is 0.108. The van der Waals surface area contributed by atoms with E-state index in [2.05, 4.69) is 15.3 Å². The third-order valence-electron chi connectivity index (χ3n) is 2.96. The second-order valence-corrected chi connectivity index (χ2v) is 4.74. The van der Waals surface area contributed by atoms with Gasteiger partial charge in [0.25, 0.3) is 0 Å². The van der Waals surface area contributed by atoms with E-state index in [1.807, 2.05) is 12.1 Å². The summed E-state index contributed by atoms with van der Waals surface area (Å²) in [7, 11) is 0. The zero-order chi connectivity index (χ0) is 14.7. The first-order valence-electron chi connectivity index (χ1n) is 6.40. The van der Waals surface area contributed by atoms with Crippen LogP contribution in [0.25, 0.3) is 0 Å². The first-order valence-corrected chi connectivity index (χ1v) is 6.78. The summed E-state index contributed by atoms with van der Waals surface area (Å²) in [5, 5.41) is 3.14. The van der Waals surface area contributed by atoms with Crippen molar-refractivity contribution < 1.29 is 14.3 Å². The SMILES string of the molecule is O=Cc1c(Cl)ncnc1Nc1ccc2c(c1)OCCCO2. The van der Waals surface area contributed by atoms with Crippen LogP contribution >= 0.6 is 11.6 Å². The number of halogens is 1. The Morgan fingerprint density at radius 1 is 1.19 bits per heavy atom. The van der Waals surface area contributed by atoms with Crippen molar-refractivity contribution in [2.75, 3.05) is 18.5 Å². The van der Waals surface area contributed by atoms with E-state index in [-0.39, 0.29) is 10.7 Å². The number of benzene rings is 1. The van der Waals surface area contributed by atoms with Crippen molar-refractivity contribution in [2.24, 2.45) is 0 Å². The lowest BCUT2D eigenvalue weighted by Gasteiger charge is -2.11. The van der Waals surface area contributed by atoms with E-state index in [0.29, 0.717) is 36.8 Å². The van der Waals surface area contributed by atoms with Gasteiger partial charge < -0.3 is 14.8 Å². The predicted octanol–water partition coefficient (Wildman–Crippen LogP) is 2.85. The van der Waals surface area contributed by atoms with E-state index >= 15 is 0 Å². The van der Waals surface area contributed by atoms with Crippen LogP contribution in [0.4, 0.5) is 11.5 Å². The highest BCUT2D eigenvalue weighted by atomic mass is 35.5. The minimum Gasteiger partial charge on any atom is -0.490 e. The highest BCUT2D eigenvalue weighted by molar-refractivity contribution is 6.32. The molecule has 0 aliphatic carbocycles. The maximum absolute atomic E-state index is 11.1. The molecule has 0 fully saturated rings. The van der Waals surface area contributed by atoms with Gasteiger partial charge in [-0.1, -0.05) is 11.6 Å². The van der Waals surface area contributed by atoms with E-state index in [1.54, 1.807) is 6.07 Å². The molecule has 7 heteroatoms. The molecule has 0 unspecified atom stereocenters. The van der Waals surface area contributed by atoms with Crippen LogP contribution in [0.5, 0.6) is 11.5 Å². The fourth-order valence-corrected chi connectivity index (χ4v) is 2.13. The Hall–Kier alpha value is -2.34. The van der Waals surface area contributed by atoms with Gasteiger partial charge in [0.2, 0.25) is 0 Å². The first kappa shape index (κ1) is 13.6. The molecule has 0 atom stereocenters. The fourth-order valence-electron chi connectivity index (χ4n) is 1.96. The molecule has 2 heterocycles. The number of aromatic nitrogens is 2. The fraction of sp³-hybridized carbons (Fsp3) is 0.214. The number of nitrogens with one attached hydrogen (secondary N) is 1. The minimum absolute atomic E-state index is 0.108. The van der Waals surface area contributed by atoms with Gasteiger partial charge in [-0.2, -0.15) is 0 Å². The highest BCUT2D eigenvalue weighted by Gasteiger charge is 2.13. The van der Waals surface area contributed by atoms with Crippen LogP contribution in [0.15, 0.2) is 24.5 Å². The summed E-state index contributed by atoms with van der Waals surface area (Å²) >= 11 is 5.87. The summed E-state index contributed by atoms with van der Waals surface area (Å²) in [6, 6.07) is 5.43. The maximum Gasteiger partial charge on any atom is 0.163 e. The van der Waals surface area contributed by atoms with Gasteiger partial charge in [-0.25, -0.2) is 9.97 Å². The van der Waals surface area contributed by atoms with Crippen LogP contribution in [0.3, 0.4) is 0 Å². The third-order valence-corrected chi connectivity index (χ3v) is 3.26. The van der Waals surface area contributed by atoms with E-state index in [4.69, 9.17) is 21.1 Å². The van der Waals surface area contributed by atoms with Crippen molar-refractivity contribution in [2.45, 2.75) is 6.42 Å². The standard InChI is InChI=1S/C14H12ClN3O3/c15-13-10(7-19)14(17-8-16-13)18-9-2-3-11-12(6-9)21-5-1-4-20-11/h2-3,6-8H,1,4-5H2,(H,16,17,18). The molecular weight excluding hydrogens is 294 g/mol. The molecule has 21 heavy (non-hydrogen) atoms. The maximum atomic E-state index is 11.1. The molecule has 3 rings (SSSR count). The lowest BCUT2D eigenvalue weighted by molar-refractivity contribution is 0.112. The van der Waals surface area contributed by atoms with Gasteiger partial charge in [-0.3, -0.25) is 4.79 Å². The normalized spacial score (nSPS) is 13.4. The molecule has 1 aliphatic heterocycles. The number of anilines is 2. The van der Waals surface area contributed by atoms with Gasteiger partial charge >= 0.3 is 0 Å². The van der Waals surface area contributed by atoms with E-state index in [1.165, 1.54) is 6.33 Å². The van der Waals surface area contributed by atoms with Crippen LogP contribution in [0.2, 0.25) is 5.15 Å².